The molecule has 0 aromatic carbocycles. The topological polar surface area (TPSA) is 207 Å². The highest BCUT2D eigenvalue weighted by molar-refractivity contribution is 5.02. The minimum absolute atomic E-state index is 0.00415. The molecule has 0 saturated carbocycles. The summed E-state index contributed by atoms with van der Waals surface area (Å²) in [6.45, 7) is 49.7. The molecule has 5 aliphatic rings. The van der Waals surface area contributed by atoms with E-state index in [9.17, 15) is 25.6 Å². The highest BCUT2D eigenvalue weighted by Crippen LogP contribution is 2.43. The largest absolute Gasteiger partial charge is 0.388 e. The molecular weight excluding hydrogens is 993 g/mol. The zero-order valence-electron chi connectivity index (χ0n) is 56.0. The molecule has 78 heavy (non-hydrogen) atoms. The maximum atomic E-state index is 10.6. The Labute approximate surface area is 478 Å². The van der Waals surface area contributed by atoms with Crippen molar-refractivity contribution in [2.24, 2.45) is 32.8 Å². The Morgan fingerprint density at radius 1 is 0.564 bits per heavy atom. The van der Waals surface area contributed by atoms with Gasteiger partial charge in [-0.1, -0.05) is 111 Å². The molecule has 5 aliphatic heterocycles. The molecule has 0 bridgehead atoms. The van der Waals surface area contributed by atoms with Crippen LogP contribution in [-0.2, 0) is 33.2 Å². The van der Waals surface area contributed by atoms with Gasteiger partial charge in [-0.3, -0.25) is 0 Å². The van der Waals surface area contributed by atoms with Crippen molar-refractivity contribution in [3.63, 3.8) is 0 Å². The standard InChI is InChI=1S/C13H28NO3.C13H27NO2.C13H26O3.C12H25NO2.C11H23NO2/c1-9-11(14(6,7)16)13(5,15)8-10(17-9)12(2,3)4;1-9-11(14(6)7)13(5,15)8-10(16-9)12(2,3)4;1-7-9-8-10(14-5)11(15-6)12(16-9)13(2,3)4;1-8-10(13-6)12(5,14)7-9(15-8)11(2,3)4;1-7-9(12)11(5,13)6-8(14-7)10(2,3)4/h9-11,15-16H,8H2,1-7H3;9-11,15H,8H2,1-7H3;9-12H,7-8H2,1-6H3;8-10,13-14H,7H2,1-6H3;7-9,13H,6,12H2,1-5H3/q+1;;;;. The first-order valence-corrected chi connectivity index (χ1v) is 29.6. The van der Waals surface area contributed by atoms with Gasteiger partial charge in [0.1, 0.15) is 17.8 Å². The third kappa shape index (κ3) is 21.5. The van der Waals surface area contributed by atoms with Crippen LogP contribution in [0.1, 0.15) is 205 Å². The monoisotopic (exact) mass is 1120 g/mol. The van der Waals surface area contributed by atoms with E-state index in [4.69, 9.17) is 38.9 Å². The molecule has 5 fully saturated rings. The van der Waals surface area contributed by atoms with Gasteiger partial charge in [0.05, 0.1) is 110 Å². The second-order valence-corrected chi connectivity index (χ2v) is 31.3. The first-order valence-electron chi connectivity index (χ1n) is 29.6. The van der Waals surface area contributed by atoms with Crippen LogP contribution < -0.4 is 11.1 Å². The third-order valence-corrected chi connectivity index (χ3v) is 17.2. The molecule has 0 aliphatic carbocycles. The summed E-state index contributed by atoms with van der Waals surface area (Å²) >= 11 is 0. The Kier molecular flexibility index (Phi) is 27.1. The van der Waals surface area contributed by atoms with Crippen LogP contribution in [0.2, 0.25) is 0 Å². The number of rotatable bonds is 6. The van der Waals surface area contributed by atoms with Crippen LogP contribution in [0, 0.1) is 27.1 Å². The van der Waals surface area contributed by atoms with Crippen LogP contribution in [0.4, 0.5) is 0 Å². The average molecular weight is 1120 g/mol. The van der Waals surface area contributed by atoms with Gasteiger partial charge in [-0.05, 0) is 110 Å². The Balaban J connectivity index is 0.000000488. The number of likely N-dealkylation sites (N-methyl/N-ethyl adjacent to an activating group) is 3. The molecule has 5 saturated heterocycles. The van der Waals surface area contributed by atoms with Gasteiger partial charge >= 0.3 is 0 Å². The van der Waals surface area contributed by atoms with Gasteiger partial charge in [0.25, 0.3) is 0 Å². The van der Waals surface area contributed by atoms with Crippen molar-refractivity contribution in [2.45, 2.75) is 325 Å². The Hall–Kier alpha value is -0.640. The Bertz CT molecular complexity index is 1740. The summed E-state index contributed by atoms with van der Waals surface area (Å²) in [5.74, 6) is 0. The van der Waals surface area contributed by atoms with E-state index in [1.807, 2.05) is 55.8 Å². The highest BCUT2D eigenvalue weighted by atomic mass is 16.6. The highest BCUT2D eigenvalue weighted by Gasteiger charge is 2.55. The fourth-order valence-corrected chi connectivity index (χ4v) is 12.7. The Morgan fingerprint density at radius 3 is 1.23 bits per heavy atom. The zero-order valence-corrected chi connectivity index (χ0v) is 56.0. The molecule has 8 N–H and O–H groups in total. The Morgan fingerprint density at radius 2 is 0.936 bits per heavy atom. The second-order valence-electron chi connectivity index (χ2n) is 31.3. The van der Waals surface area contributed by atoms with Crippen LogP contribution in [0.15, 0.2) is 0 Å². The van der Waals surface area contributed by atoms with Crippen molar-refractivity contribution < 1.29 is 63.4 Å². The number of nitrogens with two attached hydrogens (primary N) is 1. The maximum absolute atomic E-state index is 10.6. The molecule has 20 unspecified atom stereocenters. The van der Waals surface area contributed by atoms with Gasteiger partial charge in [-0.25, -0.2) is 5.21 Å². The molecule has 5 rings (SSSR count). The number of nitrogens with zero attached hydrogens (tertiary/aromatic N) is 2. The normalized spacial score (nSPS) is 41.2. The summed E-state index contributed by atoms with van der Waals surface area (Å²) in [5, 5.41) is 55.0. The number of ether oxygens (including phenoxy) is 7. The number of hydroxylamine groups is 3. The van der Waals surface area contributed by atoms with Crippen molar-refractivity contribution in [1.82, 2.24) is 10.2 Å². The van der Waals surface area contributed by atoms with E-state index in [2.05, 4.69) is 128 Å². The number of aliphatic hydroxyl groups is 4. The first-order chi connectivity index (χ1) is 34.7. The van der Waals surface area contributed by atoms with Crippen LogP contribution >= 0.6 is 0 Å². The van der Waals surface area contributed by atoms with E-state index in [1.165, 1.54) is 0 Å². The maximum Gasteiger partial charge on any atom is 0.173 e. The fourth-order valence-electron chi connectivity index (χ4n) is 12.7. The molecule has 0 aromatic rings. The number of quaternary nitrogens is 1. The summed E-state index contributed by atoms with van der Waals surface area (Å²) in [6, 6.07) is -0.551. The molecule has 16 heteroatoms. The van der Waals surface area contributed by atoms with Gasteiger partial charge in [0.15, 0.2) is 6.04 Å². The molecule has 16 nitrogen and oxygen atoms in total. The first kappa shape index (κ1) is 75.4. The quantitative estimate of drug-likeness (QED) is 0.0978. The molecule has 0 aromatic heterocycles. The minimum Gasteiger partial charge on any atom is -0.388 e. The van der Waals surface area contributed by atoms with E-state index < -0.39 is 22.4 Å². The summed E-state index contributed by atoms with van der Waals surface area (Å²) in [6.07, 6.45) is 5.25. The average Bonchev–Trinajstić information content (AvgIpc) is 3.22. The van der Waals surface area contributed by atoms with Gasteiger partial charge < -0.3 is 69.5 Å². The van der Waals surface area contributed by atoms with Crippen LogP contribution in [0.3, 0.4) is 0 Å². The zero-order chi connectivity index (χ0) is 61.7. The molecule has 20 atom stereocenters. The van der Waals surface area contributed by atoms with Crippen LogP contribution in [0.25, 0.3) is 0 Å². The van der Waals surface area contributed by atoms with E-state index in [-0.39, 0.29) is 123 Å². The smallest absolute Gasteiger partial charge is 0.173 e. The summed E-state index contributed by atoms with van der Waals surface area (Å²) in [4.78, 5) is 2.06. The summed E-state index contributed by atoms with van der Waals surface area (Å²) < 4.78 is 40.8. The lowest BCUT2D eigenvalue weighted by molar-refractivity contribution is -1.10. The van der Waals surface area contributed by atoms with E-state index in [0.717, 1.165) is 12.8 Å². The molecule has 0 radical (unpaired) electrons. The van der Waals surface area contributed by atoms with Crippen molar-refractivity contribution in [1.29, 1.82) is 0 Å². The lowest BCUT2D eigenvalue weighted by Crippen LogP contribution is -2.68. The molecule has 5 heterocycles. The second kappa shape index (κ2) is 28.0. The minimum atomic E-state index is -0.923. The van der Waals surface area contributed by atoms with Gasteiger partial charge in [-0.15, -0.1) is 0 Å². The summed E-state index contributed by atoms with van der Waals surface area (Å²) in [7, 11) is 12.7. The van der Waals surface area contributed by atoms with Crippen LogP contribution in [-0.4, -0.2) is 204 Å². The van der Waals surface area contributed by atoms with E-state index in [0.29, 0.717) is 31.8 Å². The van der Waals surface area contributed by atoms with E-state index in [1.54, 1.807) is 42.2 Å². The van der Waals surface area contributed by atoms with Crippen molar-refractivity contribution >= 4 is 0 Å². The molecule has 468 valence electrons. The van der Waals surface area contributed by atoms with Crippen LogP contribution in [0.5, 0.6) is 0 Å². The van der Waals surface area contributed by atoms with Gasteiger partial charge in [0.2, 0.25) is 0 Å². The lowest BCUT2D eigenvalue weighted by atomic mass is 9.75. The van der Waals surface area contributed by atoms with E-state index >= 15 is 0 Å². The number of methoxy groups -OCH3 is 2. The predicted octanol–water partition coefficient (Wildman–Crippen LogP) is 9.15. The molecule has 0 spiro atoms. The van der Waals surface area contributed by atoms with Crippen molar-refractivity contribution in [2.75, 3.05) is 49.5 Å². The predicted molar refractivity (Wildman–Crippen MR) is 317 cm³/mol. The SMILES string of the molecule is CC1OC(C(C)(C)C)CC(C)(O)C1N.CC1OC(C(C)(C)C)CC(C)(O)C1N(C)C.CC1OC(C(C)(C)C)CC(C)(O)C1[N+](C)(C)O.CCC1CC(OC)C(OC)C(C(C)(C)C)O1.CNC1C(C)OC(C(C)(C)C)CC1(C)O. The fraction of sp³-hybridized carbons (Fsp3) is 1.00. The molecular formula is C62H129N4O12+. The number of nitrogens with one attached hydrogen (secondary N) is 1. The summed E-state index contributed by atoms with van der Waals surface area (Å²) in [5.41, 5.74) is 3.07. The van der Waals surface area contributed by atoms with Gasteiger partial charge in [0, 0.05) is 46.3 Å². The van der Waals surface area contributed by atoms with Gasteiger partial charge in [-0.2, -0.15) is 4.65 Å². The lowest BCUT2D eigenvalue weighted by Gasteiger charge is -2.50. The number of hydrogen-bond donors (Lipinski definition) is 7. The molecule has 0 amide bonds. The third-order valence-electron chi connectivity index (χ3n) is 17.2. The van der Waals surface area contributed by atoms with Crippen molar-refractivity contribution in [3.8, 4) is 0 Å². The number of hydrogen-bond acceptors (Lipinski definition) is 15. The van der Waals surface area contributed by atoms with Crippen molar-refractivity contribution in [3.05, 3.63) is 0 Å².